The van der Waals surface area contributed by atoms with Crippen molar-refractivity contribution in [3.05, 3.63) is 22.7 Å². The van der Waals surface area contributed by atoms with Crippen LogP contribution < -0.4 is 16.5 Å². The van der Waals surface area contributed by atoms with Crippen LogP contribution in [0.4, 0.5) is 5.82 Å². The molecule has 1 aliphatic heterocycles. The van der Waals surface area contributed by atoms with Crippen LogP contribution in [0, 0.1) is 5.92 Å². The van der Waals surface area contributed by atoms with Crippen LogP contribution in [0.25, 0.3) is 0 Å². The SMILES string of the molecule is CC1CC(COC(=O)CCCCCCC(=O)NO)OC1n1ccc(NC=O)nc1=O. The number of unbranched alkanes of at least 4 members (excludes halogenated alkanes) is 3. The summed E-state index contributed by atoms with van der Waals surface area (Å²) in [6.45, 7) is 2.05. The van der Waals surface area contributed by atoms with Gasteiger partial charge in [-0.05, 0) is 25.3 Å². The summed E-state index contributed by atoms with van der Waals surface area (Å²) in [5.74, 6) is -0.538. The van der Waals surface area contributed by atoms with Gasteiger partial charge < -0.3 is 14.8 Å². The summed E-state index contributed by atoms with van der Waals surface area (Å²) in [6.07, 6.45) is 5.19. The van der Waals surface area contributed by atoms with Crippen LogP contribution in [0.5, 0.6) is 0 Å². The van der Waals surface area contributed by atoms with Crippen LogP contribution in [0.1, 0.15) is 58.1 Å². The first kappa shape index (κ1) is 23.5. The average Bonchev–Trinajstić information content (AvgIpc) is 3.09. The van der Waals surface area contributed by atoms with Crippen molar-refractivity contribution in [1.82, 2.24) is 15.0 Å². The average molecular weight is 424 g/mol. The quantitative estimate of drug-likeness (QED) is 0.149. The minimum absolute atomic E-state index is 0.0224. The number of anilines is 1. The van der Waals surface area contributed by atoms with E-state index in [0.29, 0.717) is 25.7 Å². The van der Waals surface area contributed by atoms with Crippen LogP contribution in [-0.4, -0.2) is 45.8 Å². The number of rotatable bonds is 12. The van der Waals surface area contributed by atoms with E-state index in [1.165, 1.54) is 16.8 Å². The lowest BCUT2D eigenvalue weighted by molar-refractivity contribution is -0.148. The Balaban J connectivity index is 1.70. The molecule has 166 valence electrons. The Kier molecular flexibility index (Phi) is 9.42. The molecule has 3 unspecified atom stereocenters. The molecule has 2 heterocycles. The summed E-state index contributed by atoms with van der Waals surface area (Å²) in [7, 11) is 0. The molecule has 0 saturated carbocycles. The van der Waals surface area contributed by atoms with Gasteiger partial charge >= 0.3 is 11.7 Å². The summed E-state index contributed by atoms with van der Waals surface area (Å²) in [5.41, 5.74) is 1.05. The number of carbonyl (C=O) groups excluding carboxylic acids is 3. The third-order valence-electron chi connectivity index (χ3n) is 4.85. The van der Waals surface area contributed by atoms with Crippen molar-refractivity contribution in [1.29, 1.82) is 0 Å². The number of amides is 2. The molecular formula is C19H28N4O7. The molecule has 0 aromatic carbocycles. The van der Waals surface area contributed by atoms with E-state index in [1.807, 2.05) is 6.92 Å². The van der Waals surface area contributed by atoms with Crippen LogP contribution in [0.15, 0.2) is 17.1 Å². The topological polar surface area (TPSA) is 149 Å². The van der Waals surface area contributed by atoms with Gasteiger partial charge in [-0.15, -0.1) is 0 Å². The Hall–Kier alpha value is -2.79. The highest BCUT2D eigenvalue weighted by Gasteiger charge is 2.34. The number of hydroxylamine groups is 1. The fraction of sp³-hybridized carbons (Fsp3) is 0.632. The number of nitrogens with one attached hydrogen (secondary N) is 2. The molecule has 0 bridgehead atoms. The molecule has 1 aromatic heterocycles. The molecular weight excluding hydrogens is 396 g/mol. The Labute approximate surface area is 173 Å². The molecule has 11 nitrogen and oxygen atoms in total. The van der Waals surface area contributed by atoms with Gasteiger partial charge in [-0.25, -0.2) is 10.3 Å². The van der Waals surface area contributed by atoms with Gasteiger partial charge in [0.2, 0.25) is 12.3 Å². The number of hydrogen-bond acceptors (Lipinski definition) is 8. The first-order chi connectivity index (χ1) is 14.4. The summed E-state index contributed by atoms with van der Waals surface area (Å²) < 4.78 is 12.5. The van der Waals surface area contributed by atoms with Gasteiger partial charge in [-0.2, -0.15) is 4.98 Å². The third kappa shape index (κ3) is 7.23. The first-order valence-corrected chi connectivity index (χ1v) is 9.98. The van der Waals surface area contributed by atoms with E-state index < -0.39 is 17.8 Å². The third-order valence-corrected chi connectivity index (χ3v) is 4.85. The van der Waals surface area contributed by atoms with Crippen LogP contribution >= 0.6 is 0 Å². The maximum absolute atomic E-state index is 12.2. The molecule has 2 amide bonds. The highest BCUT2D eigenvalue weighted by Crippen LogP contribution is 2.33. The standard InChI is InChI=1S/C19H28N4O7/c1-13-10-14(11-29-17(26)7-5-3-2-4-6-16(25)22-28)30-18(13)23-9-8-15(20-12-24)21-19(23)27/h8-9,12-14,18,28H,2-7,10-11H2,1H3,(H,22,25)(H,20,21,24,27). The second-order valence-corrected chi connectivity index (χ2v) is 7.26. The molecule has 2 rings (SSSR count). The summed E-state index contributed by atoms with van der Waals surface area (Å²) in [5, 5.41) is 10.7. The fourth-order valence-corrected chi connectivity index (χ4v) is 3.33. The molecule has 3 atom stereocenters. The Morgan fingerprint density at radius 3 is 2.73 bits per heavy atom. The van der Waals surface area contributed by atoms with Crippen molar-refractivity contribution >= 4 is 24.1 Å². The smallest absolute Gasteiger partial charge is 0.351 e. The van der Waals surface area contributed by atoms with Crippen molar-refractivity contribution in [2.24, 2.45) is 5.92 Å². The Morgan fingerprint density at radius 1 is 1.33 bits per heavy atom. The van der Waals surface area contributed by atoms with Crippen molar-refractivity contribution in [2.45, 2.75) is 64.2 Å². The number of aromatic nitrogens is 2. The van der Waals surface area contributed by atoms with E-state index >= 15 is 0 Å². The fourth-order valence-electron chi connectivity index (χ4n) is 3.33. The normalized spacial score (nSPS) is 20.5. The van der Waals surface area contributed by atoms with Gasteiger partial charge in [0.05, 0.1) is 6.10 Å². The number of nitrogens with zero attached hydrogens (tertiary/aromatic N) is 2. The van der Waals surface area contributed by atoms with Gasteiger partial charge in [-0.1, -0.05) is 19.8 Å². The van der Waals surface area contributed by atoms with Gasteiger partial charge in [0.25, 0.3) is 0 Å². The van der Waals surface area contributed by atoms with E-state index in [1.54, 1.807) is 5.48 Å². The van der Waals surface area contributed by atoms with E-state index in [-0.39, 0.29) is 43.3 Å². The largest absolute Gasteiger partial charge is 0.463 e. The molecule has 1 fully saturated rings. The number of ether oxygens (including phenoxy) is 2. The van der Waals surface area contributed by atoms with Crippen molar-refractivity contribution in [2.75, 3.05) is 11.9 Å². The molecule has 1 saturated heterocycles. The second kappa shape index (κ2) is 12.0. The van der Waals surface area contributed by atoms with Crippen LogP contribution in [0.3, 0.4) is 0 Å². The van der Waals surface area contributed by atoms with E-state index in [2.05, 4.69) is 10.3 Å². The maximum Gasteiger partial charge on any atom is 0.351 e. The van der Waals surface area contributed by atoms with E-state index in [9.17, 15) is 19.2 Å². The Morgan fingerprint density at radius 2 is 2.07 bits per heavy atom. The van der Waals surface area contributed by atoms with Crippen molar-refractivity contribution in [3.8, 4) is 0 Å². The van der Waals surface area contributed by atoms with Gasteiger partial charge in [0, 0.05) is 25.0 Å². The van der Waals surface area contributed by atoms with Crippen molar-refractivity contribution in [3.63, 3.8) is 0 Å². The predicted molar refractivity (Wildman–Crippen MR) is 104 cm³/mol. The summed E-state index contributed by atoms with van der Waals surface area (Å²) in [4.78, 5) is 49.2. The molecule has 0 aliphatic carbocycles. The van der Waals surface area contributed by atoms with Gasteiger partial charge in [0.15, 0.2) is 0 Å². The lowest BCUT2D eigenvalue weighted by Crippen LogP contribution is -2.29. The van der Waals surface area contributed by atoms with Gasteiger partial charge in [-0.3, -0.25) is 24.2 Å². The molecule has 1 aliphatic rings. The number of hydrogen-bond donors (Lipinski definition) is 3. The minimum Gasteiger partial charge on any atom is -0.463 e. The predicted octanol–water partition coefficient (Wildman–Crippen LogP) is 1.12. The van der Waals surface area contributed by atoms with Crippen LogP contribution in [0.2, 0.25) is 0 Å². The van der Waals surface area contributed by atoms with Crippen LogP contribution in [-0.2, 0) is 23.9 Å². The maximum atomic E-state index is 12.2. The number of carbonyl (C=O) groups is 3. The number of esters is 1. The van der Waals surface area contributed by atoms with Crippen molar-refractivity contribution < 1.29 is 29.1 Å². The second-order valence-electron chi connectivity index (χ2n) is 7.26. The minimum atomic E-state index is -0.534. The molecule has 0 spiro atoms. The van der Waals surface area contributed by atoms with E-state index in [4.69, 9.17) is 14.7 Å². The lowest BCUT2D eigenvalue weighted by atomic mass is 10.1. The monoisotopic (exact) mass is 424 g/mol. The van der Waals surface area contributed by atoms with Gasteiger partial charge in [0.1, 0.15) is 18.7 Å². The highest BCUT2D eigenvalue weighted by atomic mass is 16.6. The summed E-state index contributed by atoms with van der Waals surface area (Å²) >= 11 is 0. The highest BCUT2D eigenvalue weighted by molar-refractivity contribution is 5.74. The Bertz CT molecular complexity index is 782. The zero-order valence-corrected chi connectivity index (χ0v) is 16.9. The molecule has 3 N–H and O–H groups in total. The zero-order valence-electron chi connectivity index (χ0n) is 16.9. The summed E-state index contributed by atoms with van der Waals surface area (Å²) in [6, 6.07) is 1.51. The zero-order chi connectivity index (χ0) is 21.9. The molecule has 1 aromatic rings. The van der Waals surface area contributed by atoms with E-state index in [0.717, 1.165) is 12.8 Å². The first-order valence-electron chi connectivity index (χ1n) is 9.98. The molecule has 11 heteroatoms. The molecule has 0 radical (unpaired) electrons. The lowest BCUT2D eigenvalue weighted by Gasteiger charge is -2.18. The molecule has 30 heavy (non-hydrogen) atoms.